The van der Waals surface area contributed by atoms with Crippen molar-refractivity contribution in [2.75, 3.05) is 30.4 Å². The first-order valence-electron chi connectivity index (χ1n) is 8.07. The van der Waals surface area contributed by atoms with Crippen molar-refractivity contribution in [1.29, 1.82) is 0 Å². The summed E-state index contributed by atoms with van der Waals surface area (Å²) in [5.74, 6) is 1.20. The summed E-state index contributed by atoms with van der Waals surface area (Å²) in [4.78, 5) is 16.6. The molecule has 1 aromatic heterocycles. The summed E-state index contributed by atoms with van der Waals surface area (Å²) in [5, 5.41) is 7.02. The van der Waals surface area contributed by atoms with Gasteiger partial charge in [-0.15, -0.1) is 0 Å². The Morgan fingerprint density at radius 1 is 1.04 bits per heavy atom. The number of fused-ring (bicyclic) bond motifs is 2. The van der Waals surface area contributed by atoms with Crippen molar-refractivity contribution in [2.24, 2.45) is 0 Å². The van der Waals surface area contributed by atoms with E-state index in [0.717, 1.165) is 16.6 Å². The number of carbonyl (C=O) groups is 1. The van der Waals surface area contributed by atoms with Crippen molar-refractivity contribution in [3.05, 3.63) is 54.7 Å². The molecule has 1 aliphatic rings. The van der Waals surface area contributed by atoms with Gasteiger partial charge in [0.2, 0.25) is 5.91 Å². The molecule has 6 nitrogen and oxygen atoms in total. The molecule has 3 aromatic rings. The Balaban J connectivity index is 1.42. The number of pyridine rings is 1. The van der Waals surface area contributed by atoms with Gasteiger partial charge in [0.15, 0.2) is 11.5 Å². The van der Waals surface area contributed by atoms with Gasteiger partial charge < -0.3 is 20.1 Å². The molecule has 0 atom stereocenters. The second-order valence-corrected chi connectivity index (χ2v) is 5.64. The Morgan fingerprint density at radius 3 is 2.80 bits per heavy atom. The summed E-state index contributed by atoms with van der Waals surface area (Å²) in [5.41, 5.74) is 2.35. The van der Waals surface area contributed by atoms with Gasteiger partial charge in [-0.3, -0.25) is 9.78 Å². The van der Waals surface area contributed by atoms with E-state index < -0.39 is 0 Å². The molecular formula is C19H17N3O3. The van der Waals surface area contributed by atoms with E-state index in [1.807, 2.05) is 30.3 Å². The van der Waals surface area contributed by atoms with Crippen LogP contribution in [0.3, 0.4) is 0 Å². The van der Waals surface area contributed by atoms with Crippen molar-refractivity contribution in [1.82, 2.24) is 4.98 Å². The van der Waals surface area contributed by atoms with E-state index in [1.54, 1.807) is 24.4 Å². The Bertz CT molecular complexity index is 921. The van der Waals surface area contributed by atoms with Crippen molar-refractivity contribution in [3.8, 4) is 11.5 Å². The van der Waals surface area contributed by atoms with Gasteiger partial charge in [-0.05, 0) is 24.3 Å². The largest absolute Gasteiger partial charge is 0.486 e. The summed E-state index contributed by atoms with van der Waals surface area (Å²) in [6.45, 7) is 1.20. The maximum atomic E-state index is 12.2. The minimum absolute atomic E-state index is 0.143. The van der Waals surface area contributed by atoms with Crippen LogP contribution in [0.15, 0.2) is 54.7 Å². The van der Waals surface area contributed by atoms with Gasteiger partial charge in [-0.1, -0.05) is 18.2 Å². The predicted octanol–water partition coefficient (Wildman–Crippen LogP) is 3.06. The number of rotatable bonds is 4. The summed E-state index contributed by atoms with van der Waals surface area (Å²) in [6, 6.07) is 15.1. The van der Waals surface area contributed by atoms with Gasteiger partial charge in [-0.25, -0.2) is 0 Å². The molecule has 2 N–H and O–H groups in total. The number of nitrogens with zero attached hydrogens (tertiary/aromatic N) is 1. The zero-order chi connectivity index (χ0) is 17.1. The lowest BCUT2D eigenvalue weighted by atomic mass is 10.2. The van der Waals surface area contributed by atoms with Crippen LogP contribution in [-0.2, 0) is 4.79 Å². The van der Waals surface area contributed by atoms with E-state index in [-0.39, 0.29) is 12.5 Å². The number of ether oxygens (including phenoxy) is 2. The third-order valence-electron chi connectivity index (χ3n) is 3.90. The van der Waals surface area contributed by atoms with Gasteiger partial charge in [-0.2, -0.15) is 0 Å². The van der Waals surface area contributed by atoms with Crippen LogP contribution >= 0.6 is 0 Å². The third-order valence-corrected chi connectivity index (χ3v) is 3.90. The number of amides is 1. The fraction of sp³-hybridized carbons (Fsp3) is 0.158. The summed E-state index contributed by atoms with van der Waals surface area (Å²) >= 11 is 0. The average molecular weight is 335 g/mol. The molecule has 6 heteroatoms. The molecule has 0 saturated carbocycles. The molecule has 126 valence electrons. The first kappa shape index (κ1) is 15.3. The Labute approximate surface area is 144 Å². The second kappa shape index (κ2) is 6.68. The fourth-order valence-corrected chi connectivity index (χ4v) is 2.75. The first-order valence-corrected chi connectivity index (χ1v) is 8.07. The van der Waals surface area contributed by atoms with Crippen LogP contribution in [0.1, 0.15) is 0 Å². The van der Waals surface area contributed by atoms with Crippen LogP contribution in [0, 0.1) is 0 Å². The molecule has 2 aromatic carbocycles. The Hall–Kier alpha value is -3.28. The second-order valence-electron chi connectivity index (χ2n) is 5.64. The number of para-hydroxylation sites is 1. The highest BCUT2D eigenvalue weighted by molar-refractivity contribution is 5.96. The summed E-state index contributed by atoms with van der Waals surface area (Å²) in [7, 11) is 0. The van der Waals surface area contributed by atoms with E-state index in [1.165, 1.54) is 0 Å². The van der Waals surface area contributed by atoms with Crippen molar-refractivity contribution in [3.63, 3.8) is 0 Å². The third kappa shape index (κ3) is 3.33. The lowest BCUT2D eigenvalue weighted by Gasteiger charge is -2.19. The number of benzene rings is 2. The molecule has 0 bridgehead atoms. The van der Waals surface area contributed by atoms with E-state index in [4.69, 9.17) is 9.47 Å². The predicted molar refractivity (Wildman–Crippen MR) is 96.3 cm³/mol. The number of carbonyl (C=O) groups excluding carboxylic acids is 1. The van der Waals surface area contributed by atoms with Gasteiger partial charge in [0.25, 0.3) is 0 Å². The number of nitrogens with one attached hydrogen (secondary N) is 2. The molecule has 1 aliphatic heterocycles. The Kier molecular flexibility index (Phi) is 4.08. The molecule has 4 rings (SSSR count). The topological polar surface area (TPSA) is 72.5 Å². The van der Waals surface area contributed by atoms with Crippen LogP contribution in [0.5, 0.6) is 11.5 Å². The zero-order valence-electron chi connectivity index (χ0n) is 13.5. The number of anilines is 2. The van der Waals surface area contributed by atoms with E-state index in [2.05, 4.69) is 15.6 Å². The van der Waals surface area contributed by atoms with Crippen LogP contribution in [-0.4, -0.2) is 30.6 Å². The lowest BCUT2D eigenvalue weighted by Crippen LogP contribution is -2.22. The number of aromatic nitrogens is 1. The SMILES string of the molecule is O=C(CNc1cccc2cccnc12)Nc1ccc2c(c1)OCCO2. The Morgan fingerprint density at radius 2 is 1.88 bits per heavy atom. The molecule has 0 unspecified atom stereocenters. The first-order chi connectivity index (χ1) is 12.3. The van der Waals surface area contributed by atoms with E-state index in [9.17, 15) is 4.79 Å². The lowest BCUT2D eigenvalue weighted by molar-refractivity contribution is -0.114. The van der Waals surface area contributed by atoms with Crippen LogP contribution in [0.2, 0.25) is 0 Å². The van der Waals surface area contributed by atoms with Crippen LogP contribution in [0.4, 0.5) is 11.4 Å². The van der Waals surface area contributed by atoms with Crippen LogP contribution < -0.4 is 20.1 Å². The van der Waals surface area contributed by atoms with Gasteiger partial charge in [0.05, 0.1) is 17.7 Å². The van der Waals surface area contributed by atoms with Gasteiger partial charge in [0.1, 0.15) is 13.2 Å². The standard InChI is InChI=1S/C19H17N3O3/c23-18(22-14-6-7-16-17(11-14)25-10-9-24-16)12-21-15-5-1-3-13-4-2-8-20-19(13)15/h1-8,11,21H,9-10,12H2,(H,22,23). The molecule has 0 spiro atoms. The average Bonchev–Trinajstić information content (AvgIpc) is 2.66. The molecule has 2 heterocycles. The smallest absolute Gasteiger partial charge is 0.243 e. The monoisotopic (exact) mass is 335 g/mol. The number of hydrogen-bond acceptors (Lipinski definition) is 5. The normalized spacial score (nSPS) is 12.6. The van der Waals surface area contributed by atoms with Crippen molar-refractivity contribution < 1.29 is 14.3 Å². The van der Waals surface area contributed by atoms with Gasteiger partial charge in [0, 0.05) is 23.3 Å². The number of hydrogen-bond donors (Lipinski definition) is 2. The van der Waals surface area contributed by atoms with Crippen LogP contribution in [0.25, 0.3) is 10.9 Å². The minimum Gasteiger partial charge on any atom is -0.486 e. The summed E-state index contributed by atoms with van der Waals surface area (Å²) < 4.78 is 11.0. The van der Waals surface area contributed by atoms with Crippen molar-refractivity contribution >= 4 is 28.2 Å². The fourth-order valence-electron chi connectivity index (χ4n) is 2.75. The molecule has 0 aliphatic carbocycles. The molecule has 0 fully saturated rings. The molecule has 25 heavy (non-hydrogen) atoms. The maximum Gasteiger partial charge on any atom is 0.243 e. The van der Waals surface area contributed by atoms with E-state index in [0.29, 0.717) is 30.4 Å². The highest BCUT2D eigenvalue weighted by Gasteiger charge is 2.13. The zero-order valence-corrected chi connectivity index (χ0v) is 13.5. The molecule has 0 radical (unpaired) electrons. The molecule has 1 amide bonds. The maximum absolute atomic E-state index is 12.2. The minimum atomic E-state index is -0.149. The highest BCUT2D eigenvalue weighted by Crippen LogP contribution is 2.32. The quantitative estimate of drug-likeness (QED) is 0.767. The summed E-state index contributed by atoms with van der Waals surface area (Å²) in [6.07, 6.45) is 1.74. The molecular weight excluding hydrogens is 318 g/mol. The van der Waals surface area contributed by atoms with Gasteiger partial charge >= 0.3 is 0 Å². The van der Waals surface area contributed by atoms with Crippen molar-refractivity contribution in [2.45, 2.75) is 0 Å². The highest BCUT2D eigenvalue weighted by atomic mass is 16.6. The molecule has 0 saturated heterocycles. The van der Waals surface area contributed by atoms with E-state index >= 15 is 0 Å².